The zero-order chi connectivity index (χ0) is 9.54. The molecule has 0 aliphatic rings. The van der Waals surface area contributed by atoms with Crippen molar-refractivity contribution in [3.05, 3.63) is 23.9 Å². The summed E-state index contributed by atoms with van der Waals surface area (Å²) in [6.07, 6.45) is 4.60. The van der Waals surface area contributed by atoms with Gasteiger partial charge < -0.3 is 0 Å². The highest BCUT2D eigenvalue weighted by molar-refractivity contribution is 6.33. The minimum absolute atomic E-state index is 0.292. The molecule has 68 valence electrons. The van der Waals surface area contributed by atoms with Crippen molar-refractivity contribution in [1.29, 1.82) is 0 Å². The van der Waals surface area contributed by atoms with Crippen LogP contribution in [0.25, 0.3) is 16.7 Å². The van der Waals surface area contributed by atoms with Gasteiger partial charge in [0.25, 0.3) is 0 Å². The number of hydrogen-bond donors (Lipinski definition) is 0. The van der Waals surface area contributed by atoms with Gasteiger partial charge in [-0.05, 0) is 0 Å². The first-order valence-electron chi connectivity index (χ1n) is 3.82. The Morgan fingerprint density at radius 3 is 2.79 bits per heavy atom. The Bertz CT molecular complexity index is 618. The first-order valence-corrected chi connectivity index (χ1v) is 4.20. The highest BCUT2D eigenvalue weighted by Crippen LogP contribution is 2.18. The molecule has 0 bridgehead atoms. The number of halogens is 1. The second kappa shape index (κ2) is 2.58. The maximum atomic E-state index is 5.90. The highest BCUT2D eigenvalue weighted by atomic mass is 35.5. The van der Waals surface area contributed by atoms with Gasteiger partial charge in [0, 0.05) is 12.4 Å². The molecule has 0 atom stereocenters. The van der Waals surface area contributed by atoms with Crippen molar-refractivity contribution in [3.8, 4) is 0 Å². The van der Waals surface area contributed by atoms with E-state index in [1.54, 1.807) is 12.4 Å². The summed E-state index contributed by atoms with van der Waals surface area (Å²) in [6, 6.07) is 0. The highest BCUT2D eigenvalue weighted by Gasteiger charge is 2.09. The van der Waals surface area contributed by atoms with E-state index >= 15 is 0 Å². The minimum atomic E-state index is 0.292. The largest absolute Gasteiger partial charge is 0.250 e. The first kappa shape index (κ1) is 7.57. The molecule has 0 fully saturated rings. The first-order chi connectivity index (χ1) is 6.86. The molecule has 3 rings (SSSR count). The molecule has 7 heteroatoms. The van der Waals surface area contributed by atoms with Gasteiger partial charge in [0.2, 0.25) is 5.65 Å². The number of aromatic nitrogens is 6. The Labute approximate surface area is 82.6 Å². The van der Waals surface area contributed by atoms with E-state index in [2.05, 4.69) is 25.3 Å². The molecule has 14 heavy (non-hydrogen) atoms. The van der Waals surface area contributed by atoms with Crippen LogP contribution in [0.15, 0.2) is 18.7 Å². The van der Waals surface area contributed by atoms with Gasteiger partial charge in [-0.25, -0.2) is 9.97 Å². The van der Waals surface area contributed by atoms with Crippen molar-refractivity contribution in [3.63, 3.8) is 0 Å². The van der Waals surface area contributed by atoms with Crippen LogP contribution in [0.1, 0.15) is 0 Å². The molecule has 0 saturated heterocycles. The van der Waals surface area contributed by atoms with Crippen molar-refractivity contribution in [2.45, 2.75) is 0 Å². The third-order valence-corrected chi connectivity index (χ3v) is 2.09. The second-order valence-electron chi connectivity index (χ2n) is 2.64. The standard InChI is InChI=1S/C7H3ClN6/c8-6-4-5(10-2-1-9-4)7-12-11-3-14(7)13-6/h1-3H. The summed E-state index contributed by atoms with van der Waals surface area (Å²) in [5.41, 5.74) is 1.69. The third kappa shape index (κ3) is 0.882. The summed E-state index contributed by atoms with van der Waals surface area (Å²) in [6.45, 7) is 0. The number of hydrogen-bond acceptors (Lipinski definition) is 5. The van der Waals surface area contributed by atoms with Gasteiger partial charge in [0.1, 0.15) is 17.4 Å². The SMILES string of the molecule is Clc1nn2cnnc2c2nccnc12. The quantitative estimate of drug-likeness (QED) is 0.542. The molecule has 0 spiro atoms. The van der Waals surface area contributed by atoms with Crippen LogP contribution in [0.2, 0.25) is 5.15 Å². The second-order valence-corrected chi connectivity index (χ2v) is 3.00. The number of nitrogens with zero attached hydrogens (tertiary/aromatic N) is 6. The molecule has 0 amide bonds. The van der Waals surface area contributed by atoms with Gasteiger partial charge >= 0.3 is 0 Å². The van der Waals surface area contributed by atoms with Crippen LogP contribution >= 0.6 is 11.6 Å². The van der Waals surface area contributed by atoms with Gasteiger partial charge in [0.05, 0.1) is 0 Å². The van der Waals surface area contributed by atoms with Crippen molar-refractivity contribution < 1.29 is 0 Å². The Hall–Kier alpha value is -1.82. The van der Waals surface area contributed by atoms with Gasteiger partial charge in [-0.1, -0.05) is 11.6 Å². The zero-order valence-corrected chi connectivity index (χ0v) is 7.55. The van der Waals surface area contributed by atoms with E-state index in [1.807, 2.05) is 0 Å². The van der Waals surface area contributed by atoms with Gasteiger partial charge in [-0.2, -0.15) is 9.61 Å². The summed E-state index contributed by atoms with van der Waals surface area (Å²) < 4.78 is 1.47. The van der Waals surface area contributed by atoms with E-state index in [4.69, 9.17) is 11.6 Å². The molecule has 0 N–H and O–H groups in total. The van der Waals surface area contributed by atoms with E-state index in [9.17, 15) is 0 Å². The normalized spacial score (nSPS) is 11.2. The molecule has 3 aromatic heterocycles. The topological polar surface area (TPSA) is 68.9 Å². The molecule has 0 aliphatic heterocycles. The Morgan fingerprint density at radius 2 is 1.93 bits per heavy atom. The van der Waals surface area contributed by atoms with Crippen LogP contribution in [-0.4, -0.2) is 29.8 Å². The van der Waals surface area contributed by atoms with Crippen molar-refractivity contribution in [2.75, 3.05) is 0 Å². The third-order valence-electron chi connectivity index (χ3n) is 1.83. The van der Waals surface area contributed by atoms with Crippen LogP contribution < -0.4 is 0 Å². The fourth-order valence-corrected chi connectivity index (χ4v) is 1.47. The lowest BCUT2D eigenvalue weighted by Gasteiger charge is -1.98. The maximum absolute atomic E-state index is 5.90. The fourth-order valence-electron chi connectivity index (χ4n) is 1.25. The summed E-state index contributed by atoms with van der Waals surface area (Å²) in [5.74, 6) is 0. The molecule has 0 saturated carbocycles. The van der Waals surface area contributed by atoms with Crippen molar-refractivity contribution in [1.82, 2.24) is 29.8 Å². The lowest BCUT2D eigenvalue weighted by molar-refractivity contribution is 0.931. The molecular formula is C7H3ClN6. The van der Waals surface area contributed by atoms with Gasteiger partial charge in [-0.15, -0.1) is 10.2 Å². The van der Waals surface area contributed by atoms with E-state index in [-0.39, 0.29) is 0 Å². The predicted molar refractivity (Wildman–Crippen MR) is 48.9 cm³/mol. The van der Waals surface area contributed by atoms with Crippen LogP contribution in [0.4, 0.5) is 0 Å². The van der Waals surface area contributed by atoms with E-state index in [0.29, 0.717) is 21.8 Å². The van der Waals surface area contributed by atoms with Crippen LogP contribution in [-0.2, 0) is 0 Å². The molecule has 3 aromatic rings. The summed E-state index contributed by atoms with van der Waals surface area (Å²) in [5, 5.41) is 11.9. The van der Waals surface area contributed by atoms with Crippen molar-refractivity contribution in [2.24, 2.45) is 0 Å². The van der Waals surface area contributed by atoms with Gasteiger partial charge in [0.15, 0.2) is 5.15 Å². The lowest BCUT2D eigenvalue weighted by Crippen LogP contribution is -1.95. The van der Waals surface area contributed by atoms with Crippen LogP contribution in [0.5, 0.6) is 0 Å². The fraction of sp³-hybridized carbons (Fsp3) is 0. The lowest BCUT2D eigenvalue weighted by atomic mass is 10.4. The minimum Gasteiger partial charge on any atom is -0.250 e. The molecule has 6 nitrogen and oxygen atoms in total. The van der Waals surface area contributed by atoms with Crippen LogP contribution in [0.3, 0.4) is 0 Å². The molecule has 3 heterocycles. The number of fused-ring (bicyclic) bond motifs is 3. The van der Waals surface area contributed by atoms with E-state index in [1.165, 1.54) is 10.8 Å². The molecule has 0 radical (unpaired) electrons. The predicted octanol–water partition coefficient (Wildman–Crippen LogP) is 0.721. The van der Waals surface area contributed by atoms with Gasteiger partial charge in [-0.3, -0.25) is 0 Å². The van der Waals surface area contributed by atoms with Crippen molar-refractivity contribution >= 4 is 28.3 Å². The Morgan fingerprint density at radius 1 is 1.14 bits per heavy atom. The van der Waals surface area contributed by atoms with E-state index < -0.39 is 0 Å². The Kier molecular flexibility index (Phi) is 1.40. The number of rotatable bonds is 0. The van der Waals surface area contributed by atoms with Crippen LogP contribution in [0, 0.1) is 0 Å². The maximum Gasteiger partial charge on any atom is 0.205 e. The molecule has 0 aromatic carbocycles. The average Bonchev–Trinajstić information content (AvgIpc) is 2.66. The summed E-state index contributed by atoms with van der Waals surface area (Å²) in [7, 11) is 0. The zero-order valence-electron chi connectivity index (χ0n) is 6.79. The Balaban J connectivity index is 2.67. The molecular weight excluding hydrogens is 204 g/mol. The summed E-state index contributed by atoms with van der Waals surface area (Å²) >= 11 is 5.90. The average molecular weight is 207 g/mol. The molecule has 0 aliphatic carbocycles. The van der Waals surface area contributed by atoms with E-state index in [0.717, 1.165) is 0 Å². The monoisotopic (exact) mass is 206 g/mol. The smallest absolute Gasteiger partial charge is 0.205 e. The molecule has 0 unspecified atom stereocenters. The summed E-state index contributed by atoms with van der Waals surface area (Å²) in [4.78, 5) is 8.20.